The second-order valence-electron chi connectivity index (χ2n) is 7.17. The summed E-state index contributed by atoms with van der Waals surface area (Å²) < 4.78 is -0.761. The molecular weight excluding hydrogens is 419 g/mol. The molecule has 0 bridgehead atoms. The molecule has 156 valence electrons. The number of amides is 3. The molecule has 3 rings (SSSR count). The van der Waals surface area contributed by atoms with Crippen LogP contribution in [0.5, 0.6) is 0 Å². The molecule has 2 aliphatic rings. The minimum absolute atomic E-state index is 0.0349. The molecule has 1 aromatic heterocycles. The van der Waals surface area contributed by atoms with E-state index in [0.717, 1.165) is 6.42 Å². The second kappa shape index (κ2) is 8.54. The Labute approximate surface area is 177 Å². The van der Waals surface area contributed by atoms with Crippen LogP contribution in [0.1, 0.15) is 24.8 Å². The van der Waals surface area contributed by atoms with Crippen LogP contribution in [-0.2, 0) is 14.4 Å². The molecule has 11 heteroatoms. The minimum atomic E-state index is -0.891. The number of halogens is 2. The van der Waals surface area contributed by atoms with Gasteiger partial charge in [0.2, 0.25) is 11.8 Å². The Balaban J connectivity index is 1.57. The summed E-state index contributed by atoms with van der Waals surface area (Å²) in [7, 11) is 0. The van der Waals surface area contributed by atoms with Crippen molar-refractivity contribution in [1.29, 1.82) is 5.41 Å². The lowest BCUT2D eigenvalue weighted by Gasteiger charge is -2.24. The van der Waals surface area contributed by atoms with Crippen molar-refractivity contribution in [3.8, 4) is 0 Å². The SMILES string of the molecule is N=C(C(N)=O)c1cnccc1NCC(=O)N1CCCC1C(=O)NCC1CC1(Cl)Cl. The molecule has 0 radical (unpaired) electrons. The maximum absolute atomic E-state index is 12.7. The first-order valence-electron chi connectivity index (χ1n) is 9.22. The highest BCUT2D eigenvalue weighted by Crippen LogP contribution is 2.52. The first kappa shape index (κ1) is 21.3. The van der Waals surface area contributed by atoms with Gasteiger partial charge in [0.05, 0.1) is 6.54 Å². The summed E-state index contributed by atoms with van der Waals surface area (Å²) in [4.78, 5) is 41.9. The molecule has 1 aromatic rings. The molecule has 29 heavy (non-hydrogen) atoms. The van der Waals surface area contributed by atoms with Gasteiger partial charge in [0.15, 0.2) is 0 Å². The van der Waals surface area contributed by atoms with Gasteiger partial charge in [0.1, 0.15) is 16.1 Å². The number of nitrogens with two attached hydrogens (primary N) is 1. The van der Waals surface area contributed by atoms with Crippen LogP contribution in [0.3, 0.4) is 0 Å². The summed E-state index contributed by atoms with van der Waals surface area (Å²) in [6.45, 7) is 0.775. The maximum atomic E-state index is 12.7. The highest BCUT2D eigenvalue weighted by Gasteiger charge is 2.51. The number of anilines is 1. The summed E-state index contributed by atoms with van der Waals surface area (Å²) >= 11 is 12.0. The molecule has 2 heterocycles. The number of hydrogen-bond acceptors (Lipinski definition) is 6. The van der Waals surface area contributed by atoms with Crippen LogP contribution in [0, 0.1) is 11.3 Å². The van der Waals surface area contributed by atoms with Gasteiger partial charge in [-0.1, -0.05) is 0 Å². The Morgan fingerprint density at radius 1 is 1.38 bits per heavy atom. The van der Waals surface area contributed by atoms with E-state index in [1.807, 2.05) is 0 Å². The number of carbonyl (C=O) groups excluding carboxylic acids is 3. The predicted molar refractivity (Wildman–Crippen MR) is 109 cm³/mol. The zero-order chi connectivity index (χ0) is 21.2. The lowest BCUT2D eigenvalue weighted by Crippen LogP contribution is -2.48. The quantitative estimate of drug-likeness (QED) is 0.346. The summed E-state index contributed by atoms with van der Waals surface area (Å²) in [6.07, 6.45) is 4.76. The summed E-state index contributed by atoms with van der Waals surface area (Å²) in [5.74, 6) is -1.33. The molecule has 0 spiro atoms. The predicted octanol–water partition coefficient (Wildman–Crippen LogP) is 0.648. The molecule has 9 nitrogen and oxygen atoms in total. The van der Waals surface area contributed by atoms with Gasteiger partial charge >= 0.3 is 0 Å². The second-order valence-corrected chi connectivity index (χ2v) is 8.71. The van der Waals surface area contributed by atoms with Gasteiger partial charge < -0.3 is 21.3 Å². The van der Waals surface area contributed by atoms with E-state index in [0.29, 0.717) is 31.6 Å². The van der Waals surface area contributed by atoms with Crippen molar-refractivity contribution < 1.29 is 14.4 Å². The molecule has 1 aliphatic heterocycles. The van der Waals surface area contributed by atoms with Crippen LogP contribution in [-0.4, -0.2) is 63.3 Å². The van der Waals surface area contributed by atoms with Gasteiger partial charge in [-0.05, 0) is 25.3 Å². The molecule has 2 fully saturated rings. The largest absolute Gasteiger partial charge is 0.376 e. The highest BCUT2D eigenvalue weighted by atomic mass is 35.5. The van der Waals surface area contributed by atoms with Crippen molar-refractivity contribution >= 4 is 52.3 Å². The van der Waals surface area contributed by atoms with Gasteiger partial charge in [0.25, 0.3) is 5.91 Å². The van der Waals surface area contributed by atoms with E-state index in [4.69, 9.17) is 34.3 Å². The van der Waals surface area contributed by atoms with Crippen LogP contribution >= 0.6 is 23.2 Å². The number of primary amides is 1. The first-order chi connectivity index (χ1) is 13.7. The van der Waals surface area contributed by atoms with Gasteiger partial charge in [-0.15, -0.1) is 23.2 Å². The molecule has 1 saturated heterocycles. The van der Waals surface area contributed by atoms with Gasteiger partial charge in [-0.3, -0.25) is 24.8 Å². The number of nitrogens with one attached hydrogen (secondary N) is 3. The van der Waals surface area contributed by atoms with Crippen molar-refractivity contribution in [2.45, 2.75) is 29.6 Å². The number of nitrogens with zero attached hydrogens (tertiary/aromatic N) is 2. The lowest BCUT2D eigenvalue weighted by molar-refractivity contribution is -0.137. The third kappa shape index (κ3) is 4.97. The summed E-state index contributed by atoms with van der Waals surface area (Å²) in [5, 5.41) is 13.5. The number of pyridine rings is 1. The summed E-state index contributed by atoms with van der Waals surface area (Å²) in [6, 6.07) is 1.01. The number of aromatic nitrogens is 1. The third-order valence-electron chi connectivity index (χ3n) is 5.12. The molecule has 2 unspecified atom stereocenters. The fraction of sp³-hybridized carbons (Fsp3) is 0.500. The molecule has 3 amide bonds. The van der Waals surface area contributed by atoms with Crippen molar-refractivity contribution in [2.24, 2.45) is 11.7 Å². The molecule has 5 N–H and O–H groups in total. The number of hydrogen-bond donors (Lipinski definition) is 4. The van der Waals surface area contributed by atoms with Gasteiger partial charge in [-0.2, -0.15) is 0 Å². The molecule has 1 aliphatic carbocycles. The third-order valence-corrected chi connectivity index (χ3v) is 6.05. The standard InChI is InChI=1S/C18H22Cl2N6O3/c19-18(20)6-10(18)7-25-17(29)13-2-1-5-26(13)14(27)9-24-12-3-4-23-8-11(12)15(21)16(22)28/h3-4,8,10,13,21H,1-2,5-7,9H2,(H2,22,28)(H,23,24)(H,25,29). The van der Waals surface area contributed by atoms with E-state index >= 15 is 0 Å². The first-order valence-corrected chi connectivity index (χ1v) is 9.98. The van der Waals surface area contributed by atoms with Crippen molar-refractivity contribution in [3.63, 3.8) is 0 Å². The maximum Gasteiger partial charge on any atom is 0.267 e. The zero-order valence-electron chi connectivity index (χ0n) is 15.6. The van der Waals surface area contributed by atoms with Crippen molar-refractivity contribution in [1.82, 2.24) is 15.2 Å². The Bertz CT molecular complexity index is 847. The van der Waals surface area contributed by atoms with Crippen LogP contribution in [0.25, 0.3) is 0 Å². The van der Waals surface area contributed by atoms with E-state index in [9.17, 15) is 14.4 Å². The number of alkyl halides is 2. The van der Waals surface area contributed by atoms with E-state index in [1.165, 1.54) is 17.3 Å². The minimum Gasteiger partial charge on any atom is -0.376 e. The topological polar surface area (TPSA) is 141 Å². The van der Waals surface area contributed by atoms with Gasteiger partial charge in [0, 0.05) is 42.7 Å². The number of likely N-dealkylation sites (tertiary alicyclic amines) is 1. The molecule has 0 aromatic carbocycles. The number of carbonyl (C=O) groups is 3. The average molecular weight is 441 g/mol. The molecular formula is C18H22Cl2N6O3. The summed E-state index contributed by atoms with van der Waals surface area (Å²) in [5.41, 5.74) is 5.36. The van der Waals surface area contributed by atoms with Crippen molar-refractivity contribution in [3.05, 3.63) is 24.0 Å². The Kier molecular flexibility index (Phi) is 6.28. The monoisotopic (exact) mass is 440 g/mol. The smallest absolute Gasteiger partial charge is 0.267 e. The molecule has 2 atom stereocenters. The normalized spacial score (nSPS) is 22.1. The number of rotatable bonds is 8. The van der Waals surface area contributed by atoms with E-state index in [2.05, 4.69) is 15.6 Å². The fourth-order valence-electron chi connectivity index (χ4n) is 3.32. The van der Waals surface area contributed by atoms with Gasteiger partial charge in [-0.25, -0.2) is 0 Å². The van der Waals surface area contributed by atoms with E-state index in [1.54, 1.807) is 6.07 Å². The van der Waals surface area contributed by atoms with E-state index < -0.39 is 22.0 Å². The molecule has 1 saturated carbocycles. The van der Waals surface area contributed by atoms with E-state index in [-0.39, 0.29) is 29.8 Å². The van der Waals surface area contributed by atoms with Crippen LogP contribution < -0.4 is 16.4 Å². The zero-order valence-corrected chi connectivity index (χ0v) is 17.1. The fourth-order valence-corrected chi connectivity index (χ4v) is 3.85. The average Bonchev–Trinajstić information content (AvgIpc) is 3.07. The van der Waals surface area contributed by atoms with Crippen LogP contribution in [0.4, 0.5) is 5.69 Å². The Morgan fingerprint density at radius 2 is 2.10 bits per heavy atom. The Morgan fingerprint density at radius 3 is 2.76 bits per heavy atom. The van der Waals surface area contributed by atoms with Crippen LogP contribution in [0.2, 0.25) is 0 Å². The Hall–Kier alpha value is -2.39. The van der Waals surface area contributed by atoms with Crippen molar-refractivity contribution in [2.75, 3.05) is 25.0 Å². The van der Waals surface area contributed by atoms with Crippen LogP contribution in [0.15, 0.2) is 18.5 Å². The highest BCUT2D eigenvalue weighted by molar-refractivity contribution is 6.50. The lowest BCUT2D eigenvalue weighted by atomic mass is 10.1.